The fourth-order valence-corrected chi connectivity index (χ4v) is 3.79. The van der Waals surface area contributed by atoms with E-state index in [9.17, 15) is 18.4 Å². The first kappa shape index (κ1) is 18.9. The van der Waals surface area contributed by atoms with Gasteiger partial charge in [-0.1, -0.05) is 0 Å². The van der Waals surface area contributed by atoms with Gasteiger partial charge in [0.25, 0.3) is 5.56 Å². The van der Waals surface area contributed by atoms with Crippen LogP contribution in [0.5, 0.6) is 0 Å². The molecule has 0 atom stereocenters. The Bertz CT molecular complexity index is 1310. The van der Waals surface area contributed by atoms with Gasteiger partial charge >= 0.3 is 0 Å². The van der Waals surface area contributed by atoms with Crippen LogP contribution in [0.1, 0.15) is 17.0 Å². The van der Waals surface area contributed by atoms with E-state index in [1.54, 1.807) is 23.7 Å². The van der Waals surface area contributed by atoms with Crippen LogP contribution in [0.4, 0.5) is 13.9 Å². The first-order valence-electron chi connectivity index (χ1n) is 8.60. The second-order valence-electron chi connectivity index (χ2n) is 6.47. The van der Waals surface area contributed by atoms with Crippen LogP contribution in [0.25, 0.3) is 16.9 Å². The Balaban J connectivity index is 1.53. The second kappa shape index (κ2) is 7.21. The zero-order valence-electron chi connectivity index (χ0n) is 15.4. The highest BCUT2D eigenvalue weighted by Crippen LogP contribution is 2.26. The predicted octanol–water partition coefficient (Wildman–Crippen LogP) is 3.22. The quantitative estimate of drug-likeness (QED) is 0.535. The Morgan fingerprint density at radius 2 is 2.00 bits per heavy atom. The number of nitrogens with zero attached hydrogens (tertiary/aromatic N) is 3. The van der Waals surface area contributed by atoms with Gasteiger partial charge in [-0.05, 0) is 32.0 Å². The second-order valence-corrected chi connectivity index (χ2v) is 7.33. The van der Waals surface area contributed by atoms with Crippen LogP contribution in [-0.4, -0.2) is 25.5 Å². The molecule has 2 N–H and O–H groups in total. The van der Waals surface area contributed by atoms with E-state index >= 15 is 0 Å². The zero-order valence-corrected chi connectivity index (χ0v) is 16.2. The Labute approximate surface area is 167 Å². The molecule has 148 valence electrons. The largest absolute Gasteiger partial charge is 0.302 e. The average molecular weight is 415 g/mol. The molecular formula is C19H15F2N5O2S. The number of nitrogens with one attached hydrogen (secondary N) is 2. The Morgan fingerprint density at radius 3 is 2.76 bits per heavy atom. The number of aromatic nitrogens is 4. The molecular weight excluding hydrogens is 400 g/mol. The highest BCUT2D eigenvalue weighted by atomic mass is 32.1. The van der Waals surface area contributed by atoms with Crippen molar-refractivity contribution < 1.29 is 13.6 Å². The van der Waals surface area contributed by atoms with Gasteiger partial charge in [-0.2, -0.15) is 0 Å². The van der Waals surface area contributed by atoms with Crippen LogP contribution in [-0.2, 0) is 11.2 Å². The van der Waals surface area contributed by atoms with Crippen molar-refractivity contribution in [2.45, 2.75) is 20.3 Å². The lowest BCUT2D eigenvalue weighted by Gasteiger charge is -2.11. The highest BCUT2D eigenvalue weighted by Gasteiger charge is 2.16. The molecule has 4 rings (SSSR count). The molecule has 0 aliphatic carbocycles. The minimum atomic E-state index is -0.960. The summed E-state index contributed by atoms with van der Waals surface area (Å²) < 4.78 is 28.0. The lowest BCUT2D eigenvalue weighted by Crippen LogP contribution is -2.17. The van der Waals surface area contributed by atoms with E-state index in [-0.39, 0.29) is 17.9 Å². The number of H-pyrrole nitrogens is 1. The maximum atomic E-state index is 13.4. The summed E-state index contributed by atoms with van der Waals surface area (Å²) in [4.78, 5) is 32.7. The van der Waals surface area contributed by atoms with Gasteiger partial charge in [0.1, 0.15) is 0 Å². The van der Waals surface area contributed by atoms with Gasteiger partial charge in [-0.15, -0.1) is 11.3 Å². The van der Waals surface area contributed by atoms with Crippen LogP contribution in [0.2, 0.25) is 0 Å². The molecule has 0 saturated carbocycles. The molecule has 4 aromatic rings. The van der Waals surface area contributed by atoms with Crippen LogP contribution in [0.3, 0.4) is 0 Å². The zero-order chi connectivity index (χ0) is 20.7. The van der Waals surface area contributed by atoms with Gasteiger partial charge in [0.05, 0.1) is 12.1 Å². The summed E-state index contributed by atoms with van der Waals surface area (Å²) in [6.45, 7) is 3.57. The van der Waals surface area contributed by atoms with E-state index < -0.39 is 11.6 Å². The normalized spacial score (nSPS) is 11.2. The van der Waals surface area contributed by atoms with Crippen molar-refractivity contribution in [2.75, 3.05) is 5.32 Å². The van der Waals surface area contributed by atoms with E-state index in [0.29, 0.717) is 39.0 Å². The molecule has 1 amide bonds. The highest BCUT2D eigenvalue weighted by molar-refractivity contribution is 7.14. The van der Waals surface area contributed by atoms with Gasteiger partial charge in [0.2, 0.25) is 5.91 Å². The van der Waals surface area contributed by atoms with Crippen molar-refractivity contribution in [2.24, 2.45) is 0 Å². The molecule has 0 radical (unpaired) electrons. The smallest absolute Gasteiger partial charge is 0.266 e. The number of aryl methyl sites for hydroxylation is 2. The van der Waals surface area contributed by atoms with E-state index in [2.05, 4.69) is 20.4 Å². The maximum absolute atomic E-state index is 13.4. The number of anilines is 1. The molecule has 0 unspecified atom stereocenters. The molecule has 0 aliphatic rings. The fraction of sp³-hybridized carbons (Fsp3) is 0.158. The van der Waals surface area contributed by atoms with Crippen LogP contribution < -0.4 is 10.9 Å². The third kappa shape index (κ3) is 3.66. The lowest BCUT2D eigenvalue weighted by atomic mass is 10.1. The third-order valence-electron chi connectivity index (χ3n) is 4.51. The van der Waals surface area contributed by atoms with Gasteiger partial charge in [-0.25, -0.2) is 23.3 Å². The molecule has 0 aliphatic heterocycles. The summed E-state index contributed by atoms with van der Waals surface area (Å²) in [7, 11) is 0. The fourth-order valence-electron chi connectivity index (χ4n) is 3.05. The number of aromatic amines is 1. The van der Waals surface area contributed by atoms with Crippen molar-refractivity contribution in [1.29, 1.82) is 0 Å². The number of hydrogen-bond donors (Lipinski definition) is 2. The SMILES string of the molecule is Cc1nc2cc(=O)[nH]n2c(C)c1CC(=O)Nc1nc(-c2ccc(F)c(F)c2)cs1. The number of rotatable bonds is 4. The van der Waals surface area contributed by atoms with Gasteiger partial charge in [-0.3, -0.25) is 14.7 Å². The summed E-state index contributed by atoms with van der Waals surface area (Å²) in [5.41, 5.74) is 3.13. The summed E-state index contributed by atoms with van der Waals surface area (Å²) in [5, 5.41) is 7.34. The Hall–Kier alpha value is -3.40. The van der Waals surface area contributed by atoms with Crippen molar-refractivity contribution in [3.8, 4) is 11.3 Å². The molecule has 1 aromatic carbocycles. The number of benzene rings is 1. The van der Waals surface area contributed by atoms with Crippen LogP contribution in [0.15, 0.2) is 34.4 Å². The molecule has 7 nitrogen and oxygen atoms in total. The van der Waals surface area contributed by atoms with Gasteiger partial charge < -0.3 is 5.32 Å². The minimum Gasteiger partial charge on any atom is -0.302 e. The summed E-state index contributed by atoms with van der Waals surface area (Å²) in [5.74, 6) is -2.20. The van der Waals surface area contributed by atoms with Crippen molar-refractivity contribution >= 4 is 28.0 Å². The van der Waals surface area contributed by atoms with Gasteiger partial charge in [0.15, 0.2) is 22.4 Å². The van der Waals surface area contributed by atoms with Gasteiger partial charge in [0, 0.05) is 34.0 Å². The molecule has 3 aromatic heterocycles. The maximum Gasteiger partial charge on any atom is 0.266 e. The van der Waals surface area contributed by atoms with Crippen molar-refractivity contribution in [1.82, 2.24) is 19.6 Å². The Morgan fingerprint density at radius 1 is 1.21 bits per heavy atom. The number of amides is 1. The van der Waals surface area contributed by atoms with E-state index in [4.69, 9.17) is 0 Å². The van der Waals surface area contributed by atoms with Crippen molar-refractivity contribution in [3.05, 3.63) is 68.6 Å². The standard InChI is InChI=1S/C19H15F2N5O2S/c1-9-12(10(2)26-16(22-9)7-18(28)25-26)6-17(27)24-19-23-15(8-29-19)11-3-4-13(20)14(21)5-11/h3-5,7-8H,6H2,1-2H3,(H,25,28)(H,23,24,27). The number of carbonyl (C=O) groups is 1. The summed E-state index contributed by atoms with van der Waals surface area (Å²) in [6, 6.07) is 4.90. The first-order chi connectivity index (χ1) is 13.8. The molecule has 0 fully saturated rings. The number of hydrogen-bond acceptors (Lipinski definition) is 5. The molecule has 0 saturated heterocycles. The van der Waals surface area contributed by atoms with Crippen LogP contribution >= 0.6 is 11.3 Å². The number of carbonyl (C=O) groups excluding carboxylic acids is 1. The predicted molar refractivity (Wildman–Crippen MR) is 105 cm³/mol. The number of fused-ring (bicyclic) bond motifs is 1. The molecule has 29 heavy (non-hydrogen) atoms. The molecule has 0 spiro atoms. The lowest BCUT2D eigenvalue weighted by molar-refractivity contribution is -0.115. The summed E-state index contributed by atoms with van der Waals surface area (Å²) >= 11 is 1.18. The first-order valence-corrected chi connectivity index (χ1v) is 9.48. The average Bonchev–Trinajstić information content (AvgIpc) is 3.27. The number of halogens is 2. The molecule has 0 bridgehead atoms. The molecule has 3 heterocycles. The van der Waals surface area contributed by atoms with E-state index in [1.807, 2.05) is 0 Å². The third-order valence-corrected chi connectivity index (χ3v) is 5.26. The molecule has 10 heteroatoms. The summed E-state index contributed by atoms with van der Waals surface area (Å²) in [6.07, 6.45) is 0.0426. The van der Waals surface area contributed by atoms with Crippen molar-refractivity contribution in [3.63, 3.8) is 0 Å². The minimum absolute atomic E-state index is 0.0426. The Kier molecular flexibility index (Phi) is 4.71. The monoisotopic (exact) mass is 415 g/mol. The van der Waals surface area contributed by atoms with E-state index in [1.165, 1.54) is 23.5 Å². The van der Waals surface area contributed by atoms with E-state index in [0.717, 1.165) is 12.1 Å². The topological polar surface area (TPSA) is 92.1 Å². The number of thiazole rings is 1. The van der Waals surface area contributed by atoms with Crippen LogP contribution in [0, 0.1) is 25.5 Å².